The van der Waals surface area contributed by atoms with Crippen molar-refractivity contribution in [2.24, 2.45) is 0 Å². The Labute approximate surface area is 132 Å². The molecule has 0 N–H and O–H groups in total. The van der Waals surface area contributed by atoms with E-state index in [0.717, 1.165) is 47.3 Å². The number of rotatable bonds is 1. The van der Waals surface area contributed by atoms with Gasteiger partial charge < -0.3 is 0 Å². The first-order valence-corrected chi connectivity index (χ1v) is 7.75. The van der Waals surface area contributed by atoms with E-state index in [0.29, 0.717) is 11.4 Å². The first kappa shape index (κ1) is 13.2. The zero-order valence-corrected chi connectivity index (χ0v) is 12.7. The Hall–Kier alpha value is -1.45. The van der Waals surface area contributed by atoms with E-state index in [1.165, 1.54) is 0 Å². The van der Waals surface area contributed by atoms with Crippen molar-refractivity contribution in [2.75, 3.05) is 0 Å². The summed E-state index contributed by atoms with van der Waals surface area (Å²) in [4.78, 5) is 21.2. The number of benzene rings is 1. The molecule has 1 heterocycles. The lowest BCUT2D eigenvalue weighted by molar-refractivity contribution is -0.118. The Bertz CT molecular complexity index is 773. The zero-order chi connectivity index (χ0) is 14.6. The minimum Gasteiger partial charge on any atom is -0.298 e. The molecule has 0 saturated heterocycles. The van der Waals surface area contributed by atoms with Crippen LogP contribution >= 0.6 is 23.2 Å². The van der Waals surface area contributed by atoms with Crippen molar-refractivity contribution in [3.63, 3.8) is 0 Å². The van der Waals surface area contributed by atoms with Crippen LogP contribution in [0.1, 0.15) is 40.4 Å². The Morgan fingerprint density at radius 2 is 2.00 bits per heavy atom. The van der Waals surface area contributed by atoms with Gasteiger partial charge in [0.25, 0.3) is 0 Å². The summed E-state index contributed by atoms with van der Waals surface area (Å²) in [5, 5.41) is 0.874. The lowest BCUT2D eigenvalue weighted by Gasteiger charge is -2.14. The molecule has 1 unspecified atom stereocenters. The number of halogens is 2. The van der Waals surface area contributed by atoms with Crippen LogP contribution in [-0.4, -0.2) is 15.8 Å². The molecule has 1 aromatic heterocycles. The molecule has 0 radical (unpaired) electrons. The molecule has 106 valence electrons. The third-order valence-corrected chi connectivity index (χ3v) is 4.72. The summed E-state index contributed by atoms with van der Waals surface area (Å²) in [6, 6.07) is 5.63. The molecule has 0 fully saturated rings. The molecule has 21 heavy (non-hydrogen) atoms. The number of aryl methyl sites for hydroxylation is 1. The van der Waals surface area contributed by atoms with Gasteiger partial charge >= 0.3 is 0 Å². The van der Waals surface area contributed by atoms with Gasteiger partial charge in [0, 0.05) is 17.1 Å². The molecule has 4 rings (SSSR count). The van der Waals surface area contributed by atoms with Crippen molar-refractivity contribution in [3.05, 3.63) is 56.6 Å². The maximum atomic E-state index is 12.5. The number of ketones is 1. The van der Waals surface area contributed by atoms with E-state index in [2.05, 4.69) is 9.97 Å². The molecular weight excluding hydrogens is 307 g/mol. The van der Waals surface area contributed by atoms with Crippen LogP contribution in [0.15, 0.2) is 18.2 Å². The van der Waals surface area contributed by atoms with Crippen LogP contribution in [0.25, 0.3) is 0 Å². The van der Waals surface area contributed by atoms with Gasteiger partial charge in [0.1, 0.15) is 0 Å². The quantitative estimate of drug-likeness (QED) is 0.755. The number of carbonyl (C=O) groups is 1. The second-order valence-electron chi connectivity index (χ2n) is 5.58. The fourth-order valence-electron chi connectivity index (χ4n) is 3.43. The van der Waals surface area contributed by atoms with Gasteiger partial charge in [-0.3, -0.25) is 4.79 Å². The lowest BCUT2D eigenvalue weighted by Crippen LogP contribution is -2.13. The van der Waals surface area contributed by atoms with Crippen LogP contribution in [0, 0.1) is 0 Å². The summed E-state index contributed by atoms with van der Waals surface area (Å²) in [6.07, 6.45) is 3.31. The average molecular weight is 319 g/mol. The molecule has 3 nitrogen and oxygen atoms in total. The van der Waals surface area contributed by atoms with Gasteiger partial charge in [-0.2, -0.15) is 0 Å². The van der Waals surface area contributed by atoms with Crippen LogP contribution < -0.4 is 0 Å². The highest BCUT2D eigenvalue weighted by atomic mass is 35.5. The monoisotopic (exact) mass is 318 g/mol. The molecule has 0 saturated carbocycles. The van der Waals surface area contributed by atoms with E-state index in [4.69, 9.17) is 23.2 Å². The van der Waals surface area contributed by atoms with E-state index >= 15 is 0 Å². The summed E-state index contributed by atoms with van der Waals surface area (Å²) < 4.78 is 0. The number of hydrogen-bond acceptors (Lipinski definition) is 3. The normalized spacial score (nSPS) is 19.7. The molecule has 5 heteroatoms. The minimum atomic E-state index is -0.342. The molecular formula is C16H12Cl2N2O. The van der Waals surface area contributed by atoms with E-state index in [-0.39, 0.29) is 17.0 Å². The lowest BCUT2D eigenvalue weighted by atomic mass is 9.93. The summed E-state index contributed by atoms with van der Waals surface area (Å²) in [6.45, 7) is 0. The SMILES string of the molecule is O=C1Cc2ccc(Cl)cc2C1c1nc(Cl)nc2c1CCC2. The molecule has 1 aromatic carbocycles. The highest BCUT2D eigenvalue weighted by Gasteiger charge is 2.36. The first-order chi connectivity index (χ1) is 10.1. The Morgan fingerprint density at radius 3 is 2.86 bits per heavy atom. The van der Waals surface area contributed by atoms with Crippen molar-refractivity contribution in [1.29, 1.82) is 0 Å². The fraction of sp³-hybridized carbons (Fsp3) is 0.312. The van der Waals surface area contributed by atoms with E-state index < -0.39 is 0 Å². The molecule has 2 aromatic rings. The van der Waals surface area contributed by atoms with E-state index in [1.54, 1.807) is 0 Å². The molecule has 0 aliphatic heterocycles. The molecule has 1 atom stereocenters. The van der Waals surface area contributed by atoms with Crippen LogP contribution in [0.3, 0.4) is 0 Å². The highest BCUT2D eigenvalue weighted by molar-refractivity contribution is 6.30. The zero-order valence-electron chi connectivity index (χ0n) is 11.2. The second-order valence-corrected chi connectivity index (χ2v) is 6.35. The third-order valence-electron chi connectivity index (χ3n) is 4.32. The van der Waals surface area contributed by atoms with Crippen LogP contribution in [0.2, 0.25) is 10.3 Å². The first-order valence-electron chi connectivity index (χ1n) is 6.99. The maximum Gasteiger partial charge on any atom is 0.222 e. The Morgan fingerprint density at radius 1 is 1.14 bits per heavy atom. The molecule has 2 aliphatic rings. The highest BCUT2D eigenvalue weighted by Crippen LogP contribution is 2.40. The fourth-order valence-corrected chi connectivity index (χ4v) is 3.80. The maximum absolute atomic E-state index is 12.5. The van der Waals surface area contributed by atoms with E-state index in [1.807, 2.05) is 18.2 Å². The summed E-state index contributed by atoms with van der Waals surface area (Å²) >= 11 is 12.2. The van der Waals surface area contributed by atoms with Gasteiger partial charge in [-0.15, -0.1) is 0 Å². The predicted molar refractivity (Wildman–Crippen MR) is 81.1 cm³/mol. The molecule has 0 amide bonds. The number of hydrogen-bond donors (Lipinski definition) is 0. The second kappa shape index (κ2) is 4.79. The number of Topliss-reactive ketones (excluding diaryl/α,β-unsaturated/α-hetero) is 1. The largest absolute Gasteiger partial charge is 0.298 e. The van der Waals surface area contributed by atoms with Crippen molar-refractivity contribution in [3.8, 4) is 0 Å². The van der Waals surface area contributed by atoms with Gasteiger partial charge in [-0.05, 0) is 59.7 Å². The van der Waals surface area contributed by atoms with Crippen LogP contribution in [-0.2, 0) is 24.1 Å². The third kappa shape index (κ3) is 2.07. The molecule has 0 spiro atoms. The van der Waals surface area contributed by atoms with Crippen LogP contribution in [0.5, 0.6) is 0 Å². The summed E-state index contributed by atoms with van der Waals surface area (Å²) in [5.41, 5.74) is 4.89. The summed E-state index contributed by atoms with van der Waals surface area (Å²) in [5.74, 6) is -0.179. The summed E-state index contributed by atoms with van der Waals surface area (Å²) in [7, 11) is 0. The molecule has 2 aliphatic carbocycles. The number of fused-ring (bicyclic) bond motifs is 2. The van der Waals surface area contributed by atoms with Crippen LogP contribution in [0.4, 0.5) is 0 Å². The van der Waals surface area contributed by atoms with Crippen molar-refractivity contribution < 1.29 is 4.79 Å². The van der Waals surface area contributed by atoms with Gasteiger partial charge in [0.15, 0.2) is 5.78 Å². The Balaban J connectivity index is 1.92. The van der Waals surface area contributed by atoms with Crippen molar-refractivity contribution in [2.45, 2.75) is 31.6 Å². The number of nitrogens with zero attached hydrogens (tertiary/aromatic N) is 2. The van der Waals surface area contributed by atoms with Gasteiger partial charge in [0.05, 0.1) is 11.6 Å². The Kier molecular flexibility index (Phi) is 3.02. The van der Waals surface area contributed by atoms with Gasteiger partial charge in [-0.1, -0.05) is 17.7 Å². The standard InChI is InChI=1S/C16H12Cl2N2O/c17-9-5-4-8-6-13(21)14(11(8)7-9)15-10-2-1-3-12(10)19-16(18)20-15/h4-5,7,14H,1-3,6H2. The van der Waals surface area contributed by atoms with Crippen molar-refractivity contribution >= 4 is 29.0 Å². The average Bonchev–Trinajstić information content (AvgIpc) is 3.01. The number of carbonyl (C=O) groups excluding carboxylic acids is 1. The number of aromatic nitrogens is 2. The van der Waals surface area contributed by atoms with Gasteiger partial charge in [-0.25, -0.2) is 9.97 Å². The topological polar surface area (TPSA) is 42.9 Å². The van der Waals surface area contributed by atoms with E-state index in [9.17, 15) is 4.79 Å². The van der Waals surface area contributed by atoms with Gasteiger partial charge in [0.2, 0.25) is 5.28 Å². The minimum absolute atomic E-state index is 0.163. The smallest absolute Gasteiger partial charge is 0.222 e. The predicted octanol–water partition coefficient (Wildman–Crippen LogP) is 3.53. The van der Waals surface area contributed by atoms with Crippen molar-refractivity contribution in [1.82, 2.24) is 9.97 Å². The molecule has 0 bridgehead atoms.